The standard InChI is InChI=1S/C18H16FNO4S/c1-10-13-6-3-7-14(19)16(13)24-15(10)18(22)23-11(2)17(21)20-9-12-5-4-8-25-12/h3-8,11H,9H2,1-2H3,(H,20,21)/t11-/m1/s1. The van der Waals surface area contributed by atoms with Gasteiger partial charge in [-0.1, -0.05) is 18.2 Å². The number of benzene rings is 1. The Labute approximate surface area is 147 Å². The first-order valence-electron chi connectivity index (χ1n) is 7.66. The summed E-state index contributed by atoms with van der Waals surface area (Å²) < 4.78 is 24.2. The van der Waals surface area contributed by atoms with E-state index in [1.165, 1.54) is 30.4 Å². The monoisotopic (exact) mass is 361 g/mol. The van der Waals surface area contributed by atoms with Crippen LogP contribution in [0.1, 0.15) is 27.9 Å². The summed E-state index contributed by atoms with van der Waals surface area (Å²) >= 11 is 1.52. The summed E-state index contributed by atoms with van der Waals surface area (Å²) in [5.41, 5.74) is 0.479. The topological polar surface area (TPSA) is 68.5 Å². The molecule has 0 aliphatic heterocycles. The number of thiophene rings is 1. The third kappa shape index (κ3) is 3.56. The second-order valence-corrected chi connectivity index (χ2v) is 6.55. The zero-order valence-electron chi connectivity index (χ0n) is 13.7. The maximum absolute atomic E-state index is 13.8. The van der Waals surface area contributed by atoms with Crippen molar-refractivity contribution in [3.8, 4) is 0 Å². The average Bonchev–Trinajstić information content (AvgIpc) is 3.22. The van der Waals surface area contributed by atoms with E-state index in [4.69, 9.17) is 9.15 Å². The van der Waals surface area contributed by atoms with Gasteiger partial charge in [0.25, 0.3) is 5.91 Å². The van der Waals surface area contributed by atoms with Crippen molar-refractivity contribution in [1.29, 1.82) is 0 Å². The number of hydrogen-bond donors (Lipinski definition) is 1. The van der Waals surface area contributed by atoms with Gasteiger partial charge in [-0.05, 0) is 31.4 Å². The molecule has 7 heteroatoms. The van der Waals surface area contributed by atoms with E-state index in [1.54, 1.807) is 13.0 Å². The average molecular weight is 361 g/mol. The summed E-state index contributed by atoms with van der Waals surface area (Å²) in [5.74, 6) is -1.87. The highest BCUT2D eigenvalue weighted by Gasteiger charge is 2.25. The minimum Gasteiger partial charge on any atom is -0.447 e. The Kier molecular flexibility index (Phi) is 4.85. The first kappa shape index (κ1) is 17.2. The van der Waals surface area contributed by atoms with Gasteiger partial charge in [-0.15, -0.1) is 11.3 Å². The van der Waals surface area contributed by atoms with Gasteiger partial charge in [-0.3, -0.25) is 4.79 Å². The van der Waals surface area contributed by atoms with E-state index in [1.807, 2.05) is 17.5 Å². The SMILES string of the molecule is Cc1c(C(=O)O[C@H](C)C(=O)NCc2cccs2)oc2c(F)cccc12. The fourth-order valence-corrected chi connectivity index (χ4v) is 3.05. The van der Waals surface area contributed by atoms with E-state index in [-0.39, 0.29) is 11.3 Å². The highest BCUT2D eigenvalue weighted by atomic mass is 32.1. The molecular formula is C18H16FNO4S. The van der Waals surface area contributed by atoms with Crippen LogP contribution in [0.5, 0.6) is 0 Å². The van der Waals surface area contributed by atoms with E-state index < -0.39 is 23.8 Å². The lowest BCUT2D eigenvalue weighted by atomic mass is 10.1. The highest BCUT2D eigenvalue weighted by Crippen LogP contribution is 2.27. The summed E-state index contributed by atoms with van der Waals surface area (Å²) in [7, 11) is 0. The number of nitrogens with one attached hydrogen (secondary N) is 1. The van der Waals surface area contributed by atoms with E-state index in [9.17, 15) is 14.0 Å². The minimum absolute atomic E-state index is 0.00162. The highest BCUT2D eigenvalue weighted by molar-refractivity contribution is 7.09. The van der Waals surface area contributed by atoms with Crippen LogP contribution in [0.2, 0.25) is 0 Å². The number of rotatable bonds is 5. The van der Waals surface area contributed by atoms with Gasteiger partial charge in [0.1, 0.15) is 0 Å². The molecule has 0 unspecified atom stereocenters. The van der Waals surface area contributed by atoms with Crippen molar-refractivity contribution in [3.05, 3.63) is 57.7 Å². The van der Waals surface area contributed by atoms with Crippen molar-refractivity contribution < 1.29 is 23.1 Å². The van der Waals surface area contributed by atoms with Crippen molar-refractivity contribution >= 4 is 34.2 Å². The molecule has 0 fully saturated rings. The summed E-state index contributed by atoms with van der Waals surface area (Å²) in [6.45, 7) is 3.48. The second kappa shape index (κ2) is 7.06. The number of amides is 1. The molecule has 130 valence electrons. The Balaban J connectivity index is 1.68. The van der Waals surface area contributed by atoms with Crippen molar-refractivity contribution in [2.75, 3.05) is 0 Å². The van der Waals surface area contributed by atoms with Gasteiger partial charge >= 0.3 is 5.97 Å². The van der Waals surface area contributed by atoms with Crippen LogP contribution in [0.25, 0.3) is 11.0 Å². The fraction of sp³-hybridized carbons (Fsp3) is 0.222. The normalized spacial score (nSPS) is 12.1. The van der Waals surface area contributed by atoms with Gasteiger partial charge in [0.15, 0.2) is 17.5 Å². The Morgan fingerprint density at radius 3 is 2.80 bits per heavy atom. The molecular weight excluding hydrogens is 345 g/mol. The molecule has 2 heterocycles. The van der Waals surface area contributed by atoms with Gasteiger partial charge in [-0.2, -0.15) is 0 Å². The van der Waals surface area contributed by atoms with E-state index >= 15 is 0 Å². The lowest BCUT2D eigenvalue weighted by molar-refractivity contribution is -0.129. The molecule has 0 saturated heterocycles. The molecule has 0 spiro atoms. The van der Waals surface area contributed by atoms with Crippen LogP contribution in [-0.2, 0) is 16.1 Å². The molecule has 5 nitrogen and oxygen atoms in total. The van der Waals surface area contributed by atoms with Crippen LogP contribution < -0.4 is 5.32 Å². The molecule has 1 atom stereocenters. The van der Waals surface area contributed by atoms with Crippen molar-refractivity contribution in [2.24, 2.45) is 0 Å². The Bertz CT molecular complexity index is 917. The number of hydrogen-bond acceptors (Lipinski definition) is 5. The van der Waals surface area contributed by atoms with Gasteiger partial charge < -0.3 is 14.5 Å². The third-order valence-corrected chi connectivity index (χ3v) is 4.65. The first-order chi connectivity index (χ1) is 12.0. The lowest BCUT2D eigenvalue weighted by Gasteiger charge is -2.12. The van der Waals surface area contributed by atoms with Crippen LogP contribution in [-0.4, -0.2) is 18.0 Å². The van der Waals surface area contributed by atoms with Crippen molar-refractivity contribution in [1.82, 2.24) is 5.32 Å². The molecule has 1 N–H and O–H groups in total. The Morgan fingerprint density at radius 2 is 2.12 bits per heavy atom. The second-order valence-electron chi connectivity index (χ2n) is 5.52. The number of ether oxygens (including phenoxy) is 1. The number of carbonyl (C=O) groups excluding carboxylic acids is 2. The van der Waals surface area contributed by atoms with Crippen LogP contribution in [0, 0.1) is 12.7 Å². The fourth-order valence-electron chi connectivity index (χ4n) is 2.40. The molecule has 1 amide bonds. The predicted octanol–water partition coefficient (Wildman–Crippen LogP) is 3.80. The molecule has 0 aliphatic carbocycles. The zero-order valence-corrected chi connectivity index (χ0v) is 14.5. The smallest absolute Gasteiger partial charge is 0.375 e. The number of aryl methyl sites for hydroxylation is 1. The quantitative estimate of drug-likeness (QED) is 0.702. The van der Waals surface area contributed by atoms with Gasteiger partial charge in [0.2, 0.25) is 5.76 Å². The van der Waals surface area contributed by atoms with E-state index in [0.717, 1.165) is 4.88 Å². The molecule has 0 aliphatic rings. The lowest BCUT2D eigenvalue weighted by Crippen LogP contribution is -2.35. The summed E-state index contributed by atoms with van der Waals surface area (Å²) in [6, 6.07) is 8.23. The summed E-state index contributed by atoms with van der Waals surface area (Å²) in [5, 5.41) is 5.11. The minimum atomic E-state index is -0.995. The molecule has 3 rings (SSSR count). The molecule has 0 bridgehead atoms. The third-order valence-electron chi connectivity index (χ3n) is 3.77. The van der Waals surface area contributed by atoms with Gasteiger partial charge in [0.05, 0.1) is 6.54 Å². The number of para-hydroxylation sites is 1. The maximum Gasteiger partial charge on any atom is 0.375 e. The van der Waals surface area contributed by atoms with Crippen LogP contribution in [0.15, 0.2) is 40.1 Å². The molecule has 0 radical (unpaired) electrons. The summed E-state index contributed by atoms with van der Waals surface area (Å²) in [4.78, 5) is 25.3. The molecule has 2 aromatic heterocycles. The van der Waals surface area contributed by atoms with Crippen LogP contribution in [0.3, 0.4) is 0 Å². The molecule has 0 saturated carbocycles. The number of carbonyl (C=O) groups is 2. The Hall–Kier alpha value is -2.67. The van der Waals surface area contributed by atoms with Gasteiger partial charge in [-0.25, -0.2) is 9.18 Å². The van der Waals surface area contributed by atoms with Gasteiger partial charge in [0, 0.05) is 15.8 Å². The number of furan rings is 1. The number of fused-ring (bicyclic) bond motifs is 1. The van der Waals surface area contributed by atoms with Crippen molar-refractivity contribution in [2.45, 2.75) is 26.5 Å². The molecule has 3 aromatic rings. The van der Waals surface area contributed by atoms with Crippen LogP contribution >= 0.6 is 11.3 Å². The van der Waals surface area contributed by atoms with Crippen molar-refractivity contribution in [3.63, 3.8) is 0 Å². The predicted molar refractivity (Wildman–Crippen MR) is 92.0 cm³/mol. The zero-order chi connectivity index (χ0) is 18.0. The first-order valence-corrected chi connectivity index (χ1v) is 8.54. The van der Waals surface area contributed by atoms with E-state index in [0.29, 0.717) is 17.5 Å². The molecule has 25 heavy (non-hydrogen) atoms. The van der Waals surface area contributed by atoms with E-state index in [2.05, 4.69) is 5.32 Å². The number of esters is 1. The largest absolute Gasteiger partial charge is 0.447 e. The van der Waals surface area contributed by atoms with Crippen LogP contribution in [0.4, 0.5) is 4.39 Å². The Morgan fingerprint density at radius 1 is 1.32 bits per heavy atom. The molecule has 1 aromatic carbocycles. The summed E-state index contributed by atoms with van der Waals surface area (Å²) in [6.07, 6.45) is -0.995. The maximum atomic E-state index is 13.8. The number of halogens is 1.